The van der Waals surface area contributed by atoms with Crippen LogP contribution in [-0.2, 0) is 0 Å². The van der Waals surface area contributed by atoms with Crippen LogP contribution in [0.2, 0.25) is 0 Å². The summed E-state index contributed by atoms with van der Waals surface area (Å²) in [5, 5.41) is 5.20. The third-order valence-electron chi connectivity index (χ3n) is 10.1. The molecule has 49 heavy (non-hydrogen) atoms. The van der Waals surface area contributed by atoms with Crippen LogP contribution in [0.15, 0.2) is 188 Å². The van der Waals surface area contributed by atoms with Crippen molar-refractivity contribution < 1.29 is 0 Å². The molecule has 0 saturated heterocycles. The summed E-state index contributed by atoms with van der Waals surface area (Å²) in [6, 6.07) is 68.6. The van der Waals surface area contributed by atoms with Crippen molar-refractivity contribution in [2.75, 3.05) is 0 Å². The lowest BCUT2D eigenvalue weighted by atomic mass is 9.95. The average Bonchev–Trinajstić information content (AvgIpc) is 3.70. The van der Waals surface area contributed by atoms with Gasteiger partial charge in [0.25, 0.3) is 0 Å². The largest absolute Gasteiger partial charge is 0.308 e. The first-order chi connectivity index (χ1) is 24.3. The van der Waals surface area contributed by atoms with Crippen LogP contribution in [-0.4, -0.2) is 4.40 Å². The number of hydrogen-bond acceptors (Lipinski definition) is 0. The summed E-state index contributed by atoms with van der Waals surface area (Å²) >= 11 is 0. The highest BCUT2D eigenvalue weighted by molar-refractivity contribution is 6.24. The number of nitrogens with zero attached hydrogens (tertiary/aromatic N) is 1. The SMILES string of the molecule is c1ccc(-c2ccc(-c3cccc(-c4cccc(-c5ccc6c(c5)c5cccc7c8cc(-c9ccccc9)ccc8n6c75)c4)c3)cc2)cc1. The van der Waals surface area contributed by atoms with Gasteiger partial charge in [0.15, 0.2) is 0 Å². The molecule has 0 fully saturated rings. The van der Waals surface area contributed by atoms with Gasteiger partial charge in [0.2, 0.25) is 0 Å². The Kier molecular flexibility index (Phi) is 6.25. The van der Waals surface area contributed by atoms with E-state index in [0.29, 0.717) is 0 Å². The molecule has 2 heterocycles. The molecule has 10 aromatic rings. The van der Waals surface area contributed by atoms with Gasteiger partial charge in [-0.05, 0) is 92.0 Å². The highest BCUT2D eigenvalue weighted by Crippen LogP contribution is 2.41. The van der Waals surface area contributed by atoms with Gasteiger partial charge in [0.05, 0.1) is 16.6 Å². The Bertz CT molecular complexity index is 2790. The maximum atomic E-state index is 2.46. The Hall–Kier alpha value is -6.44. The van der Waals surface area contributed by atoms with Crippen LogP contribution >= 0.6 is 0 Å². The Morgan fingerprint density at radius 3 is 1.06 bits per heavy atom. The van der Waals surface area contributed by atoms with Gasteiger partial charge in [0, 0.05) is 21.5 Å². The summed E-state index contributed by atoms with van der Waals surface area (Å²) in [6.07, 6.45) is 0. The topological polar surface area (TPSA) is 4.41 Å². The summed E-state index contributed by atoms with van der Waals surface area (Å²) in [5.41, 5.74) is 16.1. The molecule has 0 radical (unpaired) electrons. The monoisotopic (exact) mass is 621 g/mol. The number of rotatable bonds is 5. The van der Waals surface area contributed by atoms with Crippen LogP contribution in [0.3, 0.4) is 0 Å². The van der Waals surface area contributed by atoms with Crippen molar-refractivity contribution in [1.82, 2.24) is 4.40 Å². The Balaban J connectivity index is 1.02. The second kappa shape index (κ2) is 11.1. The van der Waals surface area contributed by atoms with Gasteiger partial charge in [-0.2, -0.15) is 0 Å². The predicted molar refractivity (Wildman–Crippen MR) is 208 cm³/mol. The Morgan fingerprint density at radius 1 is 0.224 bits per heavy atom. The molecule has 0 amide bonds. The smallest absolute Gasteiger partial charge is 0.0620 e. The van der Waals surface area contributed by atoms with Crippen LogP contribution in [0.1, 0.15) is 0 Å². The highest BCUT2D eigenvalue weighted by atomic mass is 14.9. The lowest BCUT2D eigenvalue weighted by Crippen LogP contribution is -1.85. The van der Waals surface area contributed by atoms with Gasteiger partial charge in [-0.15, -0.1) is 0 Å². The first-order valence-electron chi connectivity index (χ1n) is 16.9. The lowest BCUT2D eigenvalue weighted by Gasteiger charge is -2.10. The van der Waals surface area contributed by atoms with Crippen molar-refractivity contribution in [2.45, 2.75) is 0 Å². The molecule has 1 nitrogen and oxygen atoms in total. The van der Waals surface area contributed by atoms with Crippen molar-refractivity contribution in [2.24, 2.45) is 0 Å². The van der Waals surface area contributed by atoms with Crippen LogP contribution in [0.5, 0.6) is 0 Å². The molecule has 1 heteroatoms. The fourth-order valence-corrected chi connectivity index (χ4v) is 7.72. The molecule has 0 N–H and O–H groups in total. The highest BCUT2D eigenvalue weighted by Gasteiger charge is 2.18. The minimum atomic E-state index is 1.22. The van der Waals surface area contributed by atoms with Gasteiger partial charge in [-0.1, -0.05) is 152 Å². The standard InChI is InChI=1S/C48H31N/c1-3-10-32(11-4-1)34-20-22-35(23-21-34)36-14-7-15-37(28-36)38-16-8-17-39(29-38)41-25-27-47-45(31-41)43-19-9-18-42-44-30-40(33-12-5-2-6-13-33)24-26-46(44)49(47)48(42)43/h1-31H. The number of benzene rings is 8. The molecule has 0 aliphatic heterocycles. The van der Waals surface area contributed by atoms with Crippen LogP contribution in [0, 0.1) is 0 Å². The molecule has 0 unspecified atom stereocenters. The second-order valence-electron chi connectivity index (χ2n) is 13.0. The summed E-state index contributed by atoms with van der Waals surface area (Å²) in [7, 11) is 0. The molecular formula is C48H31N. The van der Waals surface area contributed by atoms with Crippen molar-refractivity contribution in [3.05, 3.63) is 188 Å². The van der Waals surface area contributed by atoms with Gasteiger partial charge in [-0.3, -0.25) is 0 Å². The zero-order valence-electron chi connectivity index (χ0n) is 26.8. The number of para-hydroxylation sites is 1. The van der Waals surface area contributed by atoms with E-state index < -0.39 is 0 Å². The Morgan fingerprint density at radius 2 is 0.551 bits per heavy atom. The molecule has 228 valence electrons. The fraction of sp³-hybridized carbons (Fsp3) is 0. The quantitative estimate of drug-likeness (QED) is 0.180. The third-order valence-corrected chi connectivity index (χ3v) is 10.1. The van der Waals surface area contributed by atoms with E-state index in [0.717, 1.165) is 0 Å². The first kappa shape index (κ1) is 27.7. The lowest BCUT2D eigenvalue weighted by molar-refractivity contribution is 1.37. The number of hydrogen-bond donors (Lipinski definition) is 0. The average molecular weight is 622 g/mol. The Labute approximate surface area is 285 Å². The zero-order valence-corrected chi connectivity index (χ0v) is 26.8. The molecule has 10 rings (SSSR count). The normalized spacial score (nSPS) is 11.7. The zero-order chi connectivity index (χ0) is 32.3. The molecule has 0 atom stereocenters. The van der Waals surface area contributed by atoms with Crippen molar-refractivity contribution >= 4 is 38.1 Å². The van der Waals surface area contributed by atoms with E-state index in [-0.39, 0.29) is 0 Å². The molecule has 0 aliphatic carbocycles. The summed E-state index contributed by atoms with van der Waals surface area (Å²) in [4.78, 5) is 0. The van der Waals surface area contributed by atoms with Crippen molar-refractivity contribution in [3.63, 3.8) is 0 Å². The van der Waals surface area contributed by atoms with E-state index in [1.807, 2.05) is 0 Å². The second-order valence-corrected chi connectivity index (χ2v) is 13.0. The summed E-state index contributed by atoms with van der Waals surface area (Å²) in [6.45, 7) is 0. The van der Waals surface area contributed by atoms with E-state index in [1.54, 1.807) is 0 Å². The third kappa shape index (κ3) is 4.55. The number of aromatic nitrogens is 1. The molecule has 2 aromatic heterocycles. The van der Waals surface area contributed by atoms with Crippen LogP contribution < -0.4 is 0 Å². The van der Waals surface area contributed by atoms with Crippen molar-refractivity contribution in [3.8, 4) is 55.6 Å². The van der Waals surface area contributed by atoms with Gasteiger partial charge < -0.3 is 4.40 Å². The van der Waals surface area contributed by atoms with Crippen molar-refractivity contribution in [1.29, 1.82) is 0 Å². The van der Waals surface area contributed by atoms with Gasteiger partial charge in [-0.25, -0.2) is 0 Å². The van der Waals surface area contributed by atoms with E-state index in [9.17, 15) is 0 Å². The molecule has 0 spiro atoms. The van der Waals surface area contributed by atoms with Crippen LogP contribution in [0.25, 0.3) is 93.7 Å². The molecule has 0 aliphatic rings. The first-order valence-corrected chi connectivity index (χ1v) is 16.9. The minimum Gasteiger partial charge on any atom is -0.308 e. The van der Waals surface area contributed by atoms with Gasteiger partial charge >= 0.3 is 0 Å². The van der Waals surface area contributed by atoms with Crippen LogP contribution in [0.4, 0.5) is 0 Å². The van der Waals surface area contributed by atoms with E-state index in [1.165, 1.54) is 93.7 Å². The summed E-state index contributed by atoms with van der Waals surface area (Å²) in [5.74, 6) is 0. The molecule has 0 saturated carbocycles. The van der Waals surface area contributed by atoms with E-state index in [4.69, 9.17) is 0 Å². The fourth-order valence-electron chi connectivity index (χ4n) is 7.72. The predicted octanol–water partition coefficient (Wildman–Crippen LogP) is 13.2. The van der Waals surface area contributed by atoms with E-state index >= 15 is 0 Å². The minimum absolute atomic E-state index is 1.22. The maximum absolute atomic E-state index is 2.46. The molecule has 8 aromatic carbocycles. The summed E-state index contributed by atoms with van der Waals surface area (Å²) < 4.78 is 2.46. The maximum Gasteiger partial charge on any atom is 0.0620 e. The molecule has 0 bridgehead atoms. The molecular weight excluding hydrogens is 591 g/mol. The van der Waals surface area contributed by atoms with Gasteiger partial charge in [0.1, 0.15) is 0 Å². The van der Waals surface area contributed by atoms with E-state index in [2.05, 4.69) is 192 Å². The number of fused-ring (bicyclic) bond motifs is 6.